The first-order valence-corrected chi connectivity index (χ1v) is 5.89. The summed E-state index contributed by atoms with van der Waals surface area (Å²) in [7, 11) is 0. The third-order valence-corrected chi connectivity index (χ3v) is 1.99. The van der Waals surface area contributed by atoms with Crippen LogP contribution < -0.4 is 0 Å². The summed E-state index contributed by atoms with van der Waals surface area (Å²) in [6.45, 7) is 10.8. The highest BCUT2D eigenvalue weighted by Gasteiger charge is 2.22. The molecule has 0 radical (unpaired) electrons. The van der Waals surface area contributed by atoms with Gasteiger partial charge >= 0.3 is 6.09 Å². The Labute approximate surface area is 98.6 Å². The molecule has 0 bridgehead atoms. The summed E-state index contributed by atoms with van der Waals surface area (Å²) in [4.78, 5) is 13.5. The van der Waals surface area contributed by atoms with E-state index in [1.165, 1.54) is 0 Å². The Morgan fingerprint density at radius 3 is 2.38 bits per heavy atom. The number of aliphatic hydroxyl groups excluding tert-OH is 1. The molecule has 4 heteroatoms. The number of carbonyl (C=O) groups excluding carboxylic acids is 1. The van der Waals surface area contributed by atoms with Crippen LogP contribution in [0.4, 0.5) is 4.79 Å². The summed E-state index contributed by atoms with van der Waals surface area (Å²) in [5.74, 6) is 0.0825. The van der Waals surface area contributed by atoms with E-state index in [1.54, 1.807) is 4.90 Å². The van der Waals surface area contributed by atoms with Crippen molar-refractivity contribution >= 4 is 6.09 Å². The Balaban J connectivity index is 4.34. The average molecular weight is 231 g/mol. The van der Waals surface area contributed by atoms with Gasteiger partial charge < -0.3 is 14.7 Å². The van der Waals surface area contributed by atoms with E-state index in [1.807, 2.05) is 34.6 Å². The number of carbonyl (C=O) groups is 1. The van der Waals surface area contributed by atoms with E-state index in [0.717, 1.165) is 6.42 Å². The Morgan fingerprint density at radius 1 is 1.44 bits per heavy atom. The molecule has 0 aliphatic carbocycles. The van der Waals surface area contributed by atoms with Gasteiger partial charge in [-0.25, -0.2) is 4.79 Å². The fraction of sp³-hybridized carbons (Fsp3) is 0.917. The van der Waals surface area contributed by atoms with Crippen molar-refractivity contribution in [3.05, 3.63) is 0 Å². The van der Waals surface area contributed by atoms with Crippen LogP contribution in [0.2, 0.25) is 0 Å². The summed E-state index contributed by atoms with van der Waals surface area (Å²) in [5, 5.41) is 8.99. The smallest absolute Gasteiger partial charge is 0.410 e. The van der Waals surface area contributed by atoms with Gasteiger partial charge in [-0.15, -0.1) is 0 Å². The molecule has 0 aliphatic heterocycles. The van der Waals surface area contributed by atoms with E-state index in [-0.39, 0.29) is 18.6 Å². The lowest BCUT2D eigenvalue weighted by Crippen LogP contribution is -2.40. The molecule has 0 fully saturated rings. The van der Waals surface area contributed by atoms with Crippen LogP contribution in [0.15, 0.2) is 0 Å². The van der Waals surface area contributed by atoms with Crippen molar-refractivity contribution < 1.29 is 14.6 Å². The van der Waals surface area contributed by atoms with Crippen LogP contribution in [0.1, 0.15) is 41.0 Å². The van der Waals surface area contributed by atoms with E-state index in [0.29, 0.717) is 13.1 Å². The fourth-order valence-electron chi connectivity index (χ4n) is 1.29. The third-order valence-electron chi connectivity index (χ3n) is 1.99. The van der Waals surface area contributed by atoms with E-state index in [4.69, 9.17) is 9.84 Å². The molecule has 1 atom stereocenters. The van der Waals surface area contributed by atoms with Crippen molar-refractivity contribution in [1.82, 2.24) is 4.90 Å². The van der Waals surface area contributed by atoms with Gasteiger partial charge in [0.05, 0.1) is 0 Å². The van der Waals surface area contributed by atoms with Gasteiger partial charge in [-0.2, -0.15) is 0 Å². The second-order valence-corrected chi connectivity index (χ2v) is 5.21. The highest BCUT2D eigenvalue weighted by molar-refractivity contribution is 5.68. The summed E-state index contributed by atoms with van der Waals surface area (Å²) in [6, 6.07) is 0. The molecule has 0 spiro atoms. The largest absolute Gasteiger partial charge is 0.444 e. The molecule has 4 nitrogen and oxygen atoms in total. The minimum Gasteiger partial charge on any atom is -0.444 e. The highest BCUT2D eigenvalue weighted by atomic mass is 16.6. The molecule has 0 aromatic rings. The lowest BCUT2D eigenvalue weighted by atomic mass is 10.2. The lowest BCUT2D eigenvalue weighted by molar-refractivity contribution is 0.0207. The zero-order valence-electron chi connectivity index (χ0n) is 11.1. The summed E-state index contributed by atoms with van der Waals surface area (Å²) in [6.07, 6.45) is 0.590. The van der Waals surface area contributed by atoms with Gasteiger partial charge in [0, 0.05) is 19.7 Å². The van der Waals surface area contributed by atoms with E-state index in [2.05, 4.69) is 0 Å². The maximum atomic E-state index is 11.8. The lowest BCUT2D eigenvalue weighted by Gasteiger charge is -2.28. The van der Waals surface area contributed by atoms with Gasteiger partial charge in [0.25, 0.3) is 0 Å². The van der Waals surface area contributed by atoms with Gasteiger partial charge in [-0.05, 0) is 33.1 Å². The molecule has 0 aromatic heterocycles. The van der Waals surface area contributed by atoms with Crippen molar-refractivity contribution in [1.29, 1.82) is 0 Å². The minimum atomic E-state index is -0.467. The molecule has 0 unspecified atom stereocenters. The van der Waals surface area contributed by atoms with E-state index in [9.17, 15) is 4.79 Å². The van der Waals surface area contributed by atoms with Crippen molar-refractivity contribution in [2.24, 2.45) is 5.92 Å². The zero-order valence-corrected chi connectivity index (χ0v) is 11.1. The number of amides is 1. The van der Waals surface area contributed by atoms with E-state index < -0.39 is 5.60 Å². The number of nitrogens with zero attached hydrogens (tertiary/aromatic N) is 1. The Morgan fingerprint density at radius 2 is 2.00 bits per heavy atom. The SMILES string of the molecule is CCCN(C[C@H](C)CO)C(=O)OC(C)(C)C. The molecule has 16 heavy (non-hydrogen) atoms. The van der Waals surface area contributed by atoms with Crippen LogP contribution in [0, 0.1) is 5.92 Å². The second-order valence-electron chi connectivity index (χ2n) is 5.21. The topological polar surface area (TPSA) is 49.8 Å². The van der Waals surface area contributed by atoms with Crippen LogP contribution >= 0.6 is 0 Å². The standard InChI is InChI=1S/C12H25NO3/c1-6-7-13(8-10(2)9-14)11(15)16-12(3,4)5/h10,14H,6-9H2,1-5H3/t10-/m0/s1. The predicted octanol–water partition coefficient (Wildman–Crippen LogP) is 2.26. The van der Waals surface area contributed by atoms with Crippen molar-refractivity contribution in [3.63, 3.8) is 0 Å². The van der Waals surface area contributed by atoms with Gasteiger partial charge in [-0.1, -0.05) is 13.8 Å². The van der Waals surface area contributed by atoms with Crippen LogP contribution in [-0.4, -0.2) is 41.4 Å². The first-order chi connectivity index (χ1) is 7.30. The van der Waals surface area contributed by atoms with Crippen molar-refractivity contribution in [2.75, 3.05) is 19.7 Å². The molecule has 0 rings (SSSR count). The Bertz CT molecular complexity index is 211. The van der Waals surface area contributed by atoms with Gasteiger partial charge in [0.1, 0.15) is 5.60 Å². The zero-order chi connectivity index (χ0) is 12.8. The number of ether oxygens (including phenoxy) is 1. The first-order valence-electron chi connectivity index (χ1n) is 5.89. The maximum absolute atomic E-state index is 11.8. The summed E-state index contributed by atoms with van der Waals surface area (Å²) in [5.41, 5.74) is -0.467. The molecular formula is C12H25NO3. The molecule has 0 heterocycles. The predicted molar refractivity (Wildman–Crippen MR) is 64.3 cm³/mol. The molecule has 0 saturated heterocycles. The molecule has 0 saturated carbocycles. The molecular weight excluding hydrogens is 206 g/mol. The summed E-state index contributed by atoms with van der Waals surface area (Å²) >= 11 is 0. The number of hydrogen-bond acceptors (Lipinski definition) is 3. The van der Waals surface area contributed by atoms with Crippen LogP contribution in [0.3, 0.4) is 0 Å². The van der Waals surface area contributed by atoms with Gasteiger partial charge in [0.2, 0.25) is 0 Å². The minimum absolute atomic E-state index is 0.0825. The quantitative estimate of drug-likeness (QED) is 0.789. The Hall–Kier alpha value is -0.770. The van der Waals surface area contributed by atoms with Crippen LogP contribution in [0.25, 0.3) is 0 Å². The van der Waals surface area contributed by atoms with E-state index >= 15 is 0 Å². The molecule has 96 valence electrons. The van der Waals surface area contributed by atoms with Crippen molar-refractivity contribution in [3.8, 4) is 0 Å². The highest BCUT2D eigenvalue weighted by Crippen LogP contribution is 2.11. The molecule has 0 aromatic carbocycles. The normalized spacial score (nSPS) is 13.4. The first kappa shape index (κ1) is 15.2. The number of rotatable bonds is 5. The summed E-state index contributed by atoms with van der Waals surface area (Å²) < 4.78 is 5.30. The van der Waals surface area contributed by atoms with Crippen LogP contribution in [-0.2, 0) is 4.74 Å². The molecule has 1 amide bonds. The van der Waals surface area contributed by atoms with Crippen molar-refractivity contribution in [2.45, 2.75) is 46.6 Å². The van der Waals surface area contributed by atoms with Crippen LogP contribution in [0.5, 0.6) is 0 Å². The molecule has 0 aliphatic rings. The van der Waals surface area contributed by atoms with Gasteiger partial charge in [0.15, 0.2) is 0 Å². The average Bonchev–Trinajstić information content (AvgIpc) is 2.14. The number of hydrogen-bond donors (Lipinski definition) is 1. The number of aliphatic hydroxyl groups is 1. The fourth-order valence-corrected chi connectivity index (χ4v) is 1.29. The monoisotopic (exact) mass is 231 g/mol. The molecule has 1 N–H and O–H groups in total. The Kier molecular flexibility index (Phi) is 6.41. The maximum Gasteiger partial charge on any atom is 0.410 e. The van der Waals surface area contributed by atoms with Gasteiger partial charge in [-0.3, -0.25) is 0 Å². The third kappa shape index (κ3) is 6.67. The second kappa shape index (κ2) is 6.74.